The molecule has 0 heterocycles. The molecular weight excluding hydrogens is 226 g/mol. The van der Waals surface area contributed by atoms with E-state index in [9.17, 15) is 4.79 Å². The van der Waals surface area contributed by atoms with E-state index in [1.807, 2.05) is 13.0 Å². The summed E-state index contributed by atoms with van der Waals surface area (Å²) in [7, 11) is 0. The van der Waals surface area contributed by atoms with E-state index in [0.717, 1.165) is 24.6 Å². The Morgan fingerprint density at radius 3 is 2.67 bits per heavy atom. The molecule has 1 aliphatic carbocycles. The molecule has 98 valence electrons. The molecule has 0 aliphatic heterocycles. The Morgan fingerprint density at radius 1 is 1.44 bits per heavy atom. The fourth-order valence-electron chi connectivity index (χ4n) is 2.22. The van der Waals surface area contributed by atoms with Crippen LogP contribution in [-0.4, -0.2) is 29.1 Å². The summed E-state index contributed by atoms with van der Waals surface area (Å²) in [6, 6.07) is 5.42. The number of aryl methyl sites for hydroxylation is 1. The Labute approximate surface area is 108 Å². The zero-order valence-electron chi connectivity index (χ0n) is 11.1. The Bertz CT molecular complexity index is 438. The number of benzene rings is 1. The maximum absolute atomic E-state index is 10.9. The van der Waals surface area contributed by atoms with Crippen molar-refractivity contribution in [2.24, 2.45) is 5.92 Å². The van der Waals surface area contributed by atoms with Crippen molar-refractivity contribution < 1.29 is 9.90 Å². The third-order valence-electron chi connectivity index (χ3n) is 3.64. The largest absolute Gasteiger partial charge is 0.478 e. The maximum Gasteiger partial charge on any atom is 0.335 e. The fraction of sp³-hybridized carbons (Fsp3) is 0.533. The van der Waals surface area contributed by atoms with Crippen molar-refractivity contribution in [1.29, 1.82) is 0 Å². The van der Waals surface area contributed by atoms with Crippen molar-refractivity contribution in [3.63, 3.8) is 0 Å². The lowest BCUT2D eigenvalue weighted by atomic mass is 10.0. The second-order valence-electron chi connectivity index (χ2n) is 5.22. The summed E-state index contributed by atoms with van der Waals surface area (Å²) in [5.41, 5.74) is 2.69. The van der Waals surface area contributed by atoms with E-state index >= 15 is 0 Å². The van der Waals surface area contributed by atoms with Crippen molar-refractivity contribution in [1.82, 2.24) is 4.90 Å². The van der Waals surface area contributed by atoms with Crippen LogP contribution in [0.3, 0.4) is 0 Å². The fourth-order valence-corrected chi connectivity index (χ4v) is 2.22. The van der Waals surface area contributed by atoms with Crippen LogP contribution in [0.15, 0.2) is 18.2 Å². The van der Waals surface area contributed by atoms with Gasteiger partial charge in [-0.25, -0.2) is 4.79 Å². The summed E-state index contributed by atoms with van der Waals surface area (Å²) in [6.45, 7) is 7.34. The summed E-state index contributed by atoms with van der Waals surface area (Å²) >= 11 is 0. The van der Waals surface area contributed by atoms with Gasteiger partial charge in [0.2, 0.25) is 0 Å². The molecule has 0 saturated heterocycles. The summed E-state index contributed by atoms with van der Waals surface area (Å²) in [5.74, 6) is 0.0403. The SMILES string of the molecule is CCN(Cc1ccc(C(=O)O)cc1C)CC1CC1. The standard InChI is InChI=1S/C15H21NO2/c1-3-16(9-12-4-5-12)10-14-7-6-13(15(17)18)8-11(14)2/h6-8,12H,3-5,9-10H2,1-2H3,(H,17,18). The predicted octanol–water partition coefficient (Wildman–Crippen LogP) is 2.93. The molecule has 0 spiro atoms. The average molecular weight is 247 g/mol. The van der Waals surface area contributed by atoms with Gasteiger partial charge in [-0.05, 0) is 55.5 Å². The smallest absolute Gasteiger partial charge is 0.335 e. The highest BCUT2D eigenvalue weighted by atomic mass is 16.4. The first-order chi connectivity index (χ1) is 8.60. The Morgan fingerprint density at radius 2 is 2.17 bits per heavy atom. The predicted molar refractivity (Wildman–Crippen MR) is 71.8 cm³/mol. The lowest BCUT2D eigenvalue weighted by Crippen LogP contribution is -2.25. The van der Waals surface area contributed by atoms with E-state index < -0.39 is 5.97 Å². The minimum atomic E-state index is -0.852. The van der Waals surface area contributed by atoms with Crippen molar-refractivity contribution in [3.05, 3.63) is 34.9 Å². The number of nitrogens with zero attached hydrogens (tertiary/aromatic N) is 1. The number of hydrogen-bond acceptors (Lipinski definition) is 2. The zero-order valence-corrected chi connectivity index (χ0v) is 11.1. The minimum absolute atomic E-state index is 0.376. The molecule has 2 rings (SSSR count). The highest BCUT2D eigenvalue weighted by molar-refractivity contribution is 5.87. The molecule has 3 heteroatoms. The van der Waals surface area contributed by atoms with Crippen molar-refractivity contribution in [2.75, 3.05) is 13.1 Å². The number of hydrogen-bond donors (Lipinski definition) is 1. The molecule has 0 amide bonds. The zero-order chi connectivity index (χ0) is 13.1. The van der Waals surface area contributed by atoms with E-state index in [1.54, 1.807) is 12.1 Å². The maximum atomic E-state index is 10.9. The van der Waals surface area contributed by atoms with Gasteiger partial charge in [-0.15, -0.1) is 0 Å². The molecule has 0 bridgehead atoms. The average Bonchev–Trinajstić information content (AvgIpc) is 3.14. The summed E-state index contributed by atoms with van der Waals surface area (Å²) in [6.07, 6.45) is 2.74. The topological polar surface area (TPSA) is 40.5 Å². The molecule has 3 nitrogen and oxygen atoms in total. The van der Waals surface area contributed by atoms with Gasteiger partial charge in [0, 0.05) is 13.1 Å². The highest BCUT2D eigenvalue weighted by Gasteiger charge is 2.23. The quantitative estimate of drug-likeness (QED) is 0.840. The first kappa shape index (κ1) is 13.1. The molecular formula is C15H21NO2. The van der Waals surface area contributed by atoms with Gasteiger partial charge in [0.15, 0.2) is 0 Å². The molecule has 1 aromatic carbocycles. The van der Waals surface area contributed by atoms with Crippen LogP contribution in [0.25, 0.3) is 0 Å². The molecule has 18 heavy (non-hydrogen) atoms. The van der Waals surface area contributed by atoms with E-state index in [4.69, 9.17) is 5.11 Å². The van der Waals surface area contributed by atoms with Crippen LogP contribution in [0.5, 0.6) is 0 Å². The van der Waals surface area contributed by atoms with Gasteiger partial charge in [0.1, 0.15) is 0 Å². The van der Waals surface area contributed by atoms with E-state index in [2.05, 4.69) is 11.8 Å². The normalized spacial score (nSPS) is 15.1. The number of carboxylic acid groups (broad SMARTS) is 1. The van der Waals surface area contributed by atoms with Gasteiger partial charge >= 0.3 is 5.97 Å². The number of rotatable bonds is 6. The Balaban J connectivity index is 2.05. The molecule has 0 radical (unpaired) electrons. The monoisotopic (exact) mass is 247 g/mol. The lowest BCUT2D eigenvalue weighted by Gasteiger charge is -2.21. The van der Waals surface area contributed by atoms with E-state index in [0.29, 0.717) is 5.56 Å². The summed E-state index contributed by atoms with van der Waals surface area (Å²) in [5, 5.41) is 8.95. The molecule has 1 aliphatic rings. The highest BCUT2D eigenvalue weighted by Crippen LogP contribution is 2.30. The Hall–Kier alpha value is -1.35. The van der Waals surface area contributed by atoms with E-state index in [1.165, 1.54) is 24.9 Å². The molecule has 1 N–H and O–H groups in total. The van der Waals surface area contributed by atoms with Gasteiger partial charge in [0.25, 0.3) is 0 Å². The third-order valence-corrected chi connectivity index (χ3v) is 3.64. The Kier molecular flexibility index (Phi) is 4.02. The molecule has 0 aromatic heterocycles. The second-order valence-corrected chi connectivity index (χ2v) is 5.22. The number of aromatic carboxylic acids is 1. The van der Waals surface area contributed by atoms with Crippen LogP contribution < -0.4 is 0 Å². The first-order valence-electron chi connectivity index (χ1n) is 6.65. The van der Waals surface area contributed by atoms with Crippen LogP contribution in [0.1, 0.15) is 41.3 Å². The van der Waals surface area contributed by atoms with Crippen LogP contribution in [0, 0.1) is 12.8 Å². The van der Waals surface area contributed by atoms with Crippen LogP contribution in [0.2, 0.25) is 0 Å². The number of carbonyl (C=O) groups is 1. The van der Waals surface area contributed by atoms with Crippen LogP contribution in [0.4, 0.5) is 0 Å². The van der Waals surface area contributed by atoms with Crippen LogP contribution >= 0.6 is 0 Å². The summed E-state index contributed by atoms with van der Waals surface area (Å²) < 4.78 is 0. The number of carboxylic acids is 1. The van der Waals surface area contributed by atoms with Crippen LogP contribution in [-0.2, 0) is 6.54 Å². The van der Waals surface area contributed by atoms with E-state index in [-0.39, 0.29) is 0 Å². The third kappa shape index (κ3) is 3.33. The van der Waals surface area contributed by atoms with Crippen molar-refractivity contribution >= 4 is 5.97 Å². The molecule has 1 aromatic rings. The molecule has 0 unspecified atom stereocenters. The van der Waals surface area contributed by atoms with Gasteiger partial charge < -0.3 is 5.11 Å². The minimum Gasteiger partial charge on any atom is -0.478 e. The summed E-state index contributed by atoms with van der Waals surface area (Å²) in [4.78, 5) is 13.3. The molecule has 1 saturated carbocycles. The van der Waals surface area contributed by atoms with Gasteiger partial charge in [0.05, 0.1) is 5.56 Å². The first-order valence-corrected chi connectivity index (χ1v) is 6.65. The molecule has 0 atom stereocenters. The second kappa shape index (κ2) is 5.53. The van der Waals surface area contributed by atoms with Gasteiger partial charge in [-0.2, -0.15) is 0 Å². The van der Waals surface area contributed by atoms with Gasteiger partial charge in [-0.3, -0.25) is 4.90 Å². The molecule has 1 fully saturated rings. The van der Waals surface area contributed by atoms with Crippen molar-refractivity contribution in [2.45, 2.75) is 33.2 Å². The van der Waals surface area contributed by atoms with Gasteiger partial charge in [-0.1, -0.05) is 13.0 Å². The van der Waals surface area contributed by atoms with Crippen molar-refractivity contribution in [3.8, 4) is 0 Å². The lowest BCUT2D eigenvalue weighted by molar-refractivity contribution is 0.0696.